The van der Waals surface area contributed by atoms with E-state index in [1.54, 1.807) is 42.5 Å². The van der Waals surface area contributed by atoms with Crippen molar-refractivity contribution in [3.8, 4) is 11.8 Å². The summed E-state index contributed by atoms with van der Waals surface area (Å²) >= 11 is 0. The van der Waals surface area contributed by atoms with Gasteiger partial charge in [-0.1, -0.05) is 18.2 Å². The highest BCUT2D eigenvalue weighted by Crippen LogP contribution is 2.28. The maximum absolute atomic E-state index is 12.4. The fraction of sp³-hybridized carbons (Fsp3) is 0.0667. The molecular formula is C15H14N4O2. The Balaban J connectivity index is 2.39. The third-order valence-corrected chi connectivity index (χ3v) is 2.93. The molecule has 0 radical (unpaired) electrons. The van der Waals surface area contributed by atoms with Crippen LogP contribution >= 0.6 is 0 Å². The van der Waals surface area contributed by atoms with E-state index in [9.17, 15) is 4.79 Å². The normalized spacial score (nSPS) is 9.57. The number of para-hydroxylation sites is 2. The molecular weight excluding hydrogens is 268 g/mol. The first kappa shape index (κ1) is 14.4. The molecule has 0 heterocycles. The van der Waals surface area contributed by atoms with Gasteiger partial charge in [0.25, 0.3) is 5.91 Å². The number of nitriles is 1. The molecule has 0 aliphatic heterocycles. The molecule has 0 unspecified atom stereocenters. The van der Waals surface area contributed by atoms with Gasteiger partial charge in [0.2, 0.25) is 0 Å². The van der Waals surface area contributed by atoms with Crippen LogP contribution in [0.1, 0.15) is 15.9 Å². The summed E-state index contributed by atoms with van der Waals surface area (Å²) in [7, 11) is 1.47. The number of nitrogens with zero attached hydrogens (tertiary/aromatic N) is 1. The van der Waals surface area contributed by atoms with Crippen LogP contribution in [-0.4, -0.2) is 13.0 Å². The predicted octanol–water partition coefficient (Wildman–Crippen LogP) is 2.10. The number of ether oxygens (including phenoxy) is 1. The van der Waals surface area contributed by atoms with Crippen molar-refractivity contribution in [2.24, 2.45) is 5.84 Å². The molecule has 2 aromatic carbocycles. The van der Waals surface area contributed by atoms with Crippen molar-refractivity contribution < 1.29 is 9.53 Å². The quantitative estimate of drug-likeness (QED) is 0.589. The van der Waals surface area contributed by atoms with Gasteiger partial charge in [-0.15, -0.1) is 0 Å². The Morgan fingerprint density at radius 2 is 2.00 bits per heavy atom. The Labute approximate surface area is 122 Å². The Hall–Kier alpha value is -3.04. The largest absolute Gasteiger partial charge is 0.495 e. The van der Waals surface area contributed by atoms with Crippen LogP contribution in [0.5, 0.6) is 5.75 Å². The van der Waals surface area contributed by atoms with Crippen LogP contribution in [0.2, 0.25) is 0 Å². The van der Waals surface area contributed by atoms with Crippen molar-refractivity contribution in [3.63, 3.8) is 0 Å². The lowest BCUT2D eigenvalue weighted by molar-refractivity contribution is 0.102. The van der Waals surface area contributed by atoms with E-state index in [4.69, 9.17) is 15.8 Å². The monoisotopic (exact) mass is 282 g/mol. The number of anilines is 2. The molecule has 0 atom stereocenters. The second-order valence-electron chi connectivity index (χ2n) is 4.14. The zero-order valence-corrected chi connectivity index (χ0v) is 11.4. The van der Waals surface area contributed by atoms with Gasteiger partial charge in [-0.3, -0.25) is 10.6 Å². The molecule has 2 rings (SSSR count). The minimum Gasteiger partial charge on any atom is -0.495 e. The Bertz CT molecular complexity index is 707. The average molecular weight is 282 g/mol. The summed E-state index contributed by atoms with van der Waals surface area (Å²) in [6, 6.07) is 13.8. The van der Waals surface area contributed by atoms with Crippen molar-refractivity contribution in [2.75, 3.05) is 17.9 Å². The molecule has 6 nitrogen and oxygen atoms in total. The molecule has 6 heteroatoms. The van der Waals surface area contributed by atoms with Gasteiger partial charge in [0.05, 0.1) is 23.9 Å². The highest BCUT2D eigenvalue weighted by Gasteiger charge is 2.15. The third kappa shape index (κ3) is 2.94. The summed E-state index contributed by atoms with van der Waals surface area (Å²) < 4.78 is 5.18. The van der Waals surface area contributed by atoms with Gasteiger partial charge in [-0.05, 0) is 24.3 Å². The summed E-state index contributed by atoms with van der Waals surface area (Å²) in [6.45, 7) is 0. The Morgan fingerprint density at radius 1 is 1.24 bits per heavy atom. The Kier molecular flexibility index (Phi) is 4.39. The van der Waals surface area contributed by atoms with Crippen molar-refractivity contribution >= 4 is 17.3 Å². The highest BCUT2D eigenvalue weighted by atomic mass is 16.5. The molecule has 0 fully saturated rings. The van der Waals surface area contributed by atoms with Gasteiger partial charge in [0.1, 0.15) is 17.5 Å². The van der Waals surface area contributed by atoms with Gasteiger partial charge in [-0.25, -0.2) is 0 Å². The molecule has 1 amide bonds. The fourth-order valence-corrected chi connectivity index (χ4v) is 1.91. The first-order chi connectivity index (χ1) is 10.2. The smallest absolute Gasteiger partial charge is 0.257 e. The highest BCUT2D eigenvalue weighted by molar-refractivity contribution is 6.09. The summed E-state index contributed by atoms with van der Waals surface area (Å²) in [6.07, 6.45) is 0. The average Bonchev–Trinajstić information content (AvgIpc) is 2.54. The number of hydrazine groups is 1. The van der Waals surface area contributed by atoms with E-state index in [-0.39, 0.29) is 5.91 Å². The lowest BCUT2D eigenvalue weighted by Gasteiger charge is -2.13. The van der Waals surface area contributed by atoms with Crippen LogP contribution in [0.4, 0.5) is 11.4 Å². The van der Waals surface area contributed by atoms with E-state index >= 15 is 0 Å². The molecule has 0 aliphatic carbocycles. The van der Waals surface area contributed by atoms with Crippen LogP contribution < -0.4 is 21.3 Å². The molecule has 0 aliphatic rings. The van der Waals surface area contributed by atoms with Gasteiger partial charge in [0.15, 0.2) is 0 Å². The number of amides is 1. The predicted molar refractivity (Wildman–Crippen MR) is 79.9 cm³/mol. The molecule has 0 spiro atoms. The van der Waals surface area contributed by atoms with Crippen LogP contribution in [0.15, 0.2) is 42.5 Å². The molecule has 0 aromatic heterocycles. The van der Waals surface area contributed by atoms with Crippen LogP contribution in [0.25, 0.3) is 0 Å². The molecule has 0 saturated heterocycles. The molecule has 21 heavy (non-hydrogen) atoms. The summed E-state index contributed by atoms with van der Waals surface area (Å²) in [5.74, 6) is 5.42. The molecule has 106 valence electrons. The number of nitrogens with two attached hydrogens (primary N) is 1. The number of hydrogen-bond acceptors (Lipinski definition) is 5. The van der Waals surface area contributed by atoms with E-state index in [2.05, 4.69) is 10.7 Å². The summed E-state index contributed by atoms with van der Waals surface area (Å²) in [5, 5.41) is 11.8. The number of hydrogen-bond donors (Lipinski definition) is 3. The molecule has 0 saturated carbocycles. The number of carbonyl (C=O) groups excluding carboxylic acids is 1. The maximum atomic E-state index is 12.4. The van der Waals surface area contributed by atoms with E-state index in [0.717, 1.165) is 0 Å². The minimum absolute atomic E-state index is 0.320. The van der Waals surface area contributed by atoms with Crippen LogP contribution in [-0.2, 0) is 0 Å². The Morgan fingerprint density at radius 3 is 2.67 bits per heavy atom. The van der Waals surface area contributed by atoms with Gasteiger partial charge in [0, 0.05) is 0 Å². The second-order valence-corrected chi connectivity index (χ2v) is 4.14. The topological polar surface area (TPSA) is 100 Å². The van der Waals surface area contributed by atoms with Crippen LogP contribution in [0, 0.1) is 11.3 Å². The number of nitrogen functional groups attached to an aromatic ring is 1. The molecule has 0 bridgehead atoms. The van der Waals surface area contributed by atoms with Gasteiger partial charge in [-0.2, -0.15) is 5.26 Å². The summed E-state index contributed by atoms with van der Waals surface area (Å²) in [4.78, 5) is 12.4. The van der Waals surface area contributed by atoms with Gasteiger partial charge < -0.3 is 15.5 Å². The first-order valence-electron chi connectivity index (χ1n) is 6.15. The summed E-state index contributed by atoms with van der Waals surface area (Å²) in [5.41, 5.74) is 3.97. The SMILES string of the molecule is COc1cccc(C#N)c1NC(=O)c1ccccc1NN. The third-order valence-electron chi connectivity index (χ3n) is 2.93. The zero-order chi connectivity index (χ0) is 15.2. The number of rotatable bonds is 4. The zero-order valence-electron chi connectivity index (χ0n) is 11.4. The fourth-order valence-electron chi connectivity index (χ4n) is 1.91. The van der Waals surface area contributed by atoms with Crippen LogP contribution in [0.3, 0.4) is 0 Å². The maximum Gasteiger partial charge on any atom is 0.257 e. The lowest BCUT2D eigenvalue weighted by atomic mass is 10.1. The standard InChI is InChI=1S/C15H14N4O2/c1-21-13-8-4-5-10(9-16)14(13)18-15(20)11-6-2-3-7-12(11)19-17/h2-8,19H,17H2,1H3,(H,18,20). The van der Waals surface area contributed by atoms with Crippen molar-refractivity contribution in [3.05, 3.63) is 53.6 Å². The minimum atomic E-state index is -0.385. The number of methoxy groups -OCH3 is 1. The lowest BCUT2D eigenvalue weighted by Crippen LogP contribution is -2.18. The van der Waals surface area contributed by atoms with E-state index in [1.165, 1.54) is 7.11 Å². The number of carbonyl (C=O) groups is 1. The van der Waals surface area contributed by atoms with Crippen molar-refractivity contribution in [1.29, 1.82) is 5.26 Å². The van der Waals surface area contributed by atoms with E-state index in [1.807, 2.05) is 6.07 Å². The van der Waals surface area contributed by atoms with E-state index < -0.39 is 0 Å². The number of benzene rings is 2. The molecule has 4 N–H and O–H groups in total. The first-order valence-corrected chi connectivity index (χ1v) is 6.15. The van der Waals surface area contributed by atoms with Gasteiger partial charge >= 0.3 is 0 Å². The number of nitrogens with one attached hydrogen (secondary N) is 2. The second kappa shape index (κ2) is 6.41. The molecule has 2 aromatic rings. The van der Waals surface area contributed by atoms with E-state index in [0.29, 0.717) is 28.3 Å². The van der Waals surface area contributed by atoms with Crippen molar-refractivity contribution in [2.45, 2.75) is 0 Å². The van der Waals surface area contributed by atoms with Crippen molar-refractivity contribution in [1.82, 2.24) is 0 Å².